The Labute approximate surface area is 122 Å². The molecule has 0 aliphatic heterocycles. The molecule has 0 saturated heterocycles. The topological polar surface area (TPSA) is 20.2 Å². The highest BCUT2D eigenvalue weighted by molar-refractivity contribution is 4.77. The first-order chi connectivity index (χ1) is 8.40. The first-order valence-corrected chi connectivity index (χ1v) is 8.08. The van der Waals surface area contributed by atoms with Crippen LogP contribution in [0.4, 0.5) is 0 Å². The van der Waals surface area contributed by atoms with Crippen molar-refractivity contribution < 1.29 is 5.11 Å². The lowest BCUT2D eigenvalue weighted by Crippen LogP contribution is -2.25. The predicted molar refractivity (Wildman–Crippen MR) is 86.3 cm³/mol. The van der Waals surface area contributed by atoms with Crippen LogP contribution < -0.4 is 0 Å². The van der Waals surface area contributed by atoms with Crippen LogP contribution in [0.5, 0.6) is 0 Å². The first-order valence-electron chi connectivity index (χ1n) is 8.08. The summed E-state index contributed by atoms with van der Waals surface area (Å²) in [5.41, 5.74) is 0. The van der Waals surface area contributed by atoms with Gasteiger partial charge in [0.05, 0.1) is 6.10 Å². The van der Waals surface area contributed by atoms with E-state index in [9.17, 15) is 5.11 Å². The molecular formula is C18H38O. The van der Waals surface area contributed by atoms with Crippen molar-refractivity contribution in [3.05, 3.63) is 0 Å². The summed E-state index contributed by atoms with van der Waals surface area (Å²) < 4.78 is 0. The molecule has 1 nitrogen and oxygen atoms in total. The van der Waals surface area contributed by atoms with Crippen LogP contribution in [0, 0.1) is 29.6 Å². The van der Waals surface area contributed by atoms with E-state index in [0.717, 1.165) is 42.4 Å². The molecule has 2 aliphatic carbocycles. The SMILES string of the molecule is C.CC(C)C1CCC(O)CC1.CC1CC(C(C)C)C1. The maximum atomic E-state index is 9.21. The first kappa shape index (κ1) is 19.0. The monoisotopic (exact) mass is 270 g/mol. The highest BCUT2D eigenvalue weighted by Crippen LogP contribution is 2.37. The molecule has 0 spiro atoms. The number of aliphatic hydroxyl groups is 1. The molecule has 19 heavy (non-hydrogen) atoms. The van der Waals surface area contributed by atoms with E-state index < -0.39 is 0 Å². The van der Waals surface area contributed by atoms with Crippen molar-refractivity contribution in [2.75, 3.05) is 0 Å². The smallest absolute Gasteiger partial charge is 0.0540 e. The molecule has 0 radical (unpaired) electrons. The van der Waals surface area contributed by atoms with Gasteiger partial charge in [0.25, 0.3) is 0 Å². The van der Waals surface area contributed by atoms with Crippen molar-refractivity contribution in [3.63, 3.8) is 0 Å². The van der Waals surface area contributed by atoms with Crippen LogP contribution in [-0.4, -0.2) is 11.2 Å². The van der Waals surface area contributed by atoms with Gasteiger partial charge in [0.2, 0.25) is 0 Å². The van der Waals surface area contributed by atoms with E-state index in [4.69, 9.17) is 0 Å². The van der Waals surface area contributed by atoms with Crippen LogP contribution >= 0.6 is 0 Å². The Bertz CT molecular complexity index is 208. The molecule has 2 saturated carbocycles. The van der Waals surface area contributed by atoms with E-state index in [0.29, 0.717) is 0 Å². The summed E-state index contributed by atoms with van der Waals surface area (Å²) in [6, 6.07) is 0. The van der Waals surface area contributed by atoms with E-state index in [1.807, 2.05) is 0 Å². The Morgan fingerprint density at radius 2 is 1.21 bits per heavy atom. The fourth-order valence-corrected chi connectivity index (χ4v) is 3.28. The number of aliphatic hydroxyl groups excluding tert-OH is 1. The Morgan fingerprint density at radius 1 is 0.789 bits per heavy atom. The molecule has 1 heteroatoms. The third-order valence-corrected chi connectivity index (χ3v) is 5.04. The predicted octanol–water partition coefficient (Wildman–Crippen LogP) is 5.52. The minimum atomic E-state index is 0. The summed E-state index contributed by atoms with van der Waals surface area (Å²) >= 11 is 0. The molecule has 2 fully saturated rings. The van der Waals surface area contributed by atoms with Crippen LogP contribution in [0.3, 0.4) is 0 Å². The Balaban J connectivity index is 0.000000331. The van der Waals surface area contributed by atoms with Crippen LogP contribution in [0.2, 0.25) is 0 Å². The number of rotatable bonds is 2. The van der Waals surface area contributed by atoms with E-state index in [1.165, 1.54) is 25.7 Å². The van der Waals surface area contributed by atoms with Gasteiger partial charge in [-0.3, -0.25) is 0 Å². The zero-order valence-electron chi connectivity index (χ0n) is 13.2. The minimum absolute atomic E-state index is 0. The second-order valence-corrected chi connectivity index (χ2v) is 7.39. The van der Waals surface area contributed by atoms with Crippen molar-refractivity contribution >= 4 is 0 Å². The van der Waals surface area contributed by atoms with Gasteiger partial charge in [0.15, 0.2) is 0 Å². The van der Waals surface area contributed by atoms with Gasteiger partial charge >= 0.3 is 0 Å². The van der Waals surface area contributed by atoms with Crippen molar-refractivity contribution in [1.82, 2.24) is 0 Å². The number of hydrogen-bond donors (Lipinski definition) is 1. The zero-order chi connectivity index (χ0) is 13.7. The van der Waals surface area contributed by atoms with Crippen molar-refractivity contribution in [2.45, 2.75) is 86.7 Å². The van der Waals surface area contributed by atoms with Gasteiger partial charge in [0.1, 0.15) is 0 Å². The van der Waals surface area contributed by atoms with Crippen molar-refractivity contribution in [2.24, 2.45) is 29.6 Å². The molecule has 0 aromatic carbocycles. The fraction of sp³-hybridized carbons (Fsp3) is 1.00. The van der Waals surface area contributed by atoms with Gasteiger partial charge in [-0.15, -0.1) is 0 Å². The lowest BCUT2D eigenvalue weighted by Gasteiger charge is -2.35. The number of hydrogen-bond acceptors (Lipinski definition) is 1. The highest BCUT2D eigenvalue weighted by atomic mass is 16.3. The molecule has 0 unspecified atom stereocenters. The van der Waals surface area contributed by atoms with E-state index in [1.54, 1.807) is 0 Å². The lowest BCUT2D eigenvalue weighted by atomic mass is 9.71. The molecule has 1 N–H and O–H groups in total. The molecule has 0 aromatic heterocycles. The van der Waals surface area contributed by atoms with Crippen LogP contribution in [-0.2, 0) is 0 Å². The fourth-order valence-electron chi connectivity index (χ4n) is 3.28. The molecular weight excluding hydrogens is 232 g/mol. The van der Waals surface area contributed by atoms with Crippen LogP contribution in [0.15, 0.2) is 0 Å². The molecule has 2 rings (SSSR count). The minimum Gasteiger partial charge on any atom is -0.393 e. The standard InChI is InChI=1S/C9H18O.C8H16.CH4/c1-7(2)8-3-5-9(10)6-4-8;1-6(2)8-4-7(3)5-8;/h7-10H,3-6H2,1-2H3;6-8H,4-5H2,1-3H3;1H4. The van der Waals surface area contributed by atoms with Crippen LogP contribution in [0.25, 0.3) is 0 Å². The average molecular weight is 271 g/mol. The lowest BCUT2D eigenvalue weighted by molar-refractivity contribution is 0.0963. The molecule has 2 aliphatic rings. The van der Waals surface area contributed by atoms with Gasteiger partial charge in [-0.25, -0.2) is 0 Å². The summed E-state index contributed by atoms with van der Waals surface area (Å²) in [6.45, 7) is 11.6. The van der Waals surface area contributed by atoms with Gasteiger partial charge in [-0.1, -0.05) is 42.0 Å². The van der Waals surface area contributed by atoms with Gasteiger partial charge in [0, 0.05) is 0 Å². The normalized spacial score (nSPS) is 34.1. The van der Waals surface area contributed by atoms with E-state index >= 15 is 0 Å². The third-order valence-electron chi connectivity index (χ3n) is 5.04. The highest BCUT2D eigenvalue weighted by Gasteiger charge is 2.27. The Hall–Kier alpha value is -0.0400. The Morgan fingerprint density at radius 3 is 1.47 bits per heavy atom. The summed E-state index contributed by atoms with van der Waals surface area (Å²) in [6.07, 6.45) is 7.51. The maximum absolute atomic E-state index is 9.21. The zero-order valence-corrected chi connectivity index (χ0v) is 13.2. The Kier molecular flexibility index (Phi) is 8.98. The quantitative estimate of drug-likeness (QED) is 0.700. The molecule has 0 atom stereocenters. The van der Waals surface area contributed by atoms with Gasteiger partial charge < -0.3 is 5.11 Å². The van der Waals surface area contributed by atoms with Crippen LogP contribution in [0.1, 0.15) is 80.6 Å². The van der Waals surface area contributed by atoms with Gasteiger partial charge in [-0.2, -0.15) is 0 Å². The van der Waals surface area contributed by atoms with E-state index in [-0.39, 0.29) is 13.5 Å². The second kappa shape index (κ2) is 9.00. The maximum Gasteiger partial charge on any atom is 0.0540 e. The van der Waals surface area contributed by atoms with Gasteiger partial charge in [-0.05, 0) is 68.1 Å². The van der Waals surface area contributed by atoms with Crippen molar-refractivity contribution in [3.8, 4) is 0 Å². The summed E-state index contributed by atoms with van der Waals surface area (Å²) in [5, 5.41) is 9.21. The average Bonchev–Trinajstić information content (AvgIpc) is 2.26. The summed E-state index contributed by atoms with van der Waals surface area (Å²) in [4.78, 5) is 0. The summed E-state index contributed by atoms with van der Waals surface area (Å²) in [5.74, 6) is 4.72. The molecule has 0 aromatic rings. The van der Waals surface area contributed by atoms with Crippen molar-refractivity contribution in [1.29, 1.82) is 0 Å². The third kappa shape index (κ3) is 6.79. The summed E-state index contributed by atoms with van der Waals surface area (Å²) in [7, 11) is 0. The molecule has 0 bridgehead atoms. The second-order valence-electron chi connectivity index (χ2n) is 7.39. The molecule has 0 amide bonds. The molecule has 116 valence electrons. The largest absolute Gasteiger partial charge is 0.393 e. The molecule has 0 heterocycles. The van der Waals surface area contributed by atoms with E-state index in [2.05, 4.69) is 34.6 Å².